The minimum atomic E-state index is -1.29. The van der Waals surface area contributed by atoms with Crippen LogP contribution in [-0.2, 0) is 17.0 Å². The first-order valence-electron chi connectivity index (χ1n) is 6.11. The van der Waals surface area contributed by atoms with Gasteiger partial charge in [-0.1, -0.05) is 0 Å². The van der Waals surface area contributed by atoms with Crippen molar-refractivity contribution < 1.29 is 17.0 Å². The summed E-state index contributed by atoms with van der Waals surface area (Å²) < 4.78 is 4.52. The number of rotatable bonds is 3. The van der Waals surface area contributed by atoms with Gasteiger partial charge >= 0.3 is 146 Å². The van der Waals surface area contributed by atoms with Crippen molar-refractivity contribution in [2.45, 2.75) is 0 Å². The number of hydrogen-bond donors (Lipinski definition) is 0. The van der Waals surface area contributed by atoms with E-state index < -0.39 is 31.7 Å². The normalized spacial score (nSPS) is 19.9. The molecule has 0 N–H and O–H groups in total. The van der Waals surface area contributed by atoms with Crippen LogP contribution in [0.15, 0.2) is 30.3 Å². The fourth-order valence-electron chi connectivity index (χ4n) is 2.05. The van der Waals surface area contributed by atoms with Gasteiger partial charge in [-0.25, -0.2) is 0 Å². The molecule has 0 atom stereocenters. The Kier molecular flexibility index (Phi) is 8.68. The van der Waals surface area contributed by atoms with E-state index >= 15 is 0 Å². The molecule has 100 valence electrons. The van der Waals surface area contributed by atoms with E-state index in [4.69, 9.17) is 18.6 Å². The molecule has 0 aromatic heterocycles. The third kappa shape index (κ3) is 5.06. The summed E-state index contributed by atoms with van der Waals surface area (Å²) in [5.74, 6) is 0. The molecule has 10 radical (unpaired) electrons. The van der Waals surface area contributed by atoms with E-state index in [9.17, 15) is 0 Å². The molecule has 0 heterocycles. The zero-order valence-electron chi connectivity index (χ0n) is 10.7. The molecule has 0 bridgehead atoms. The van der Waals surface area contributed by atoms with Crippen LogP contribution >= 0.6 is 18.6 Å². The minimum absolute atomic E-state index is 0.556. The summed E-state index contributed by atoms with van der Waals surface area (Å²) in [6, 6.07) is 10.9. The van der Waals surface area contributed by atoms with Gasteiger partial charge in [0.1, 0.15) is 0 Å². The quantitative estimate of drug-likeness (QED) is 0.682. The maximum absolute atomic E-state index is 4.89. The van der Waals surface area contributed by atoms with Crippen molar-refractivity contribution in [1.29, 1.82) is 0 Å². The predicted octanol–water partition coefficient (Wildman–Crippen LogP) is 3.65. The van der Waals surface area contributed by atoms with Crippen molar-refractivity contribution >= 4 is 37.6 Å². The Balaban J connectivity index is 0.000000452. The van der Waals surface area contributed by atoms with Gasteiger partial charge in [0.15, 0.2) is 0 Å². The molecule has 2 saturated carbocycles. The molecule has 2 aliphatic rings. The Hall–Kier alpha value is 1.07. The summed E-state index contributed by atoms with van der Waals surface area (Å²) in [6.45, 7) is 0. The molecule has 0 saturated heterocycles. The second-order valence-electron chi connectivity index (χ2n) is 4.03. The maximum atomic E-state index is 4.89. The van der Waals surface area contributed by atoms with Crippen LogP contribution < -0.4 is 4.35 Å². The van der Waals surface area contributed by atoms with Crippen molar-refractivity contribution in [3.63, 3.8) is 0 Å². The van der Waals surface area contributed by atoms with Gasteiger partial charge in [-0.15, -0.1) is 0 Å². The molecular weight excluding hydrogens is 386 g/mol. The molecule has 0 amide bonds. The fourth-order valence-corrected chi connectivity index (χ4v) is 6.89. The molecular formula is C16H13AsCl2Ti. The van der Waals surface area contributed by atoms with Gasteiger partial charge in [-0.3, -0.25) is 0 Å². The molecule has 4 heteroatoms. The average Bonchev–Trinajstić information content (AvgIpc) is 3.15. The summed E-state index contributed by atoms with van der Waals surface area (Å²) in [4.78, 5) is 0. The Bertz CT molecular complexity index is 346. The molecule has 0 spiro atoms. The SMILES string of the molecule is [CH]1[CH][CH][C]([As]([C]2[CH][CH][CH][CH]2)c2ccccc2)[CH]1.[Cl][Ti][Cl]. The van der Waals surface area contributed by atoms with E-state index in [2.05, 4.69) is 81.7 Å². The zero-order valence-corrected chi connectivity index (χ0v) is 15.7. The summed E-state index contributed by atoms with van der Waals surface area (Å²) in [7, 11) is 9.78. The van der Waals surface area contributed by atoms with Gasteiger partial charge in [0.25, 0.3) is 0 Å². The van der Waals surface area contributed by atoms with E-state index in [1.165, 1.54) is 13.8 Å². The predicted molar refractivity (Wildman–Crippen MR) is 84.4 cm³/mol. The topological polar surface area (TPSA) is 0 Å². The van der Waals surface area contributed by atoms with Crippen LogP contribution in [0.5, 0.6) is 0 Å². The second-order valence-corrected chi connectivity index (χ2v) is 11.3. The fraction of sp³-hybridized carbons (Fsp3) is 0. The third-order valence-electron chi connectivity index (χ3n) is 2.82. The molecule has 1 aromatic rings. The number of hydrogen-bond acceptors (Lipinski definition) is 0. The van der Waals surface area contributed by atoms with Crippen molar-refractivity contribution in [2.75, 3.05) is 0 Å². The summed E-state index contributed by atoms with van der Waals surface area (Å²) >= 11 is -1.85. The molecule has 3 rings (SSSR count). The summed E-state index contributed by atoms with van der Waals surface area (Å²) in [5.41, 5.74) is 0. The zero-order chi connectivity index (χ0) is 14.2. The molecule has 0 aliphatic heterocycles. The van der Waals surface area contributed by atoms with E-state index in [-0.39, 0.29) is 0 Å². The number of halogens is 2. The van der Waals surface area contributed by atoms with Gasteiger partial charge in [0.05, 0.1) is 0 Å². The van der Waals surface area contributed by atoms with E-state index in [0.717, 1.165) is 0 Å². The van der Waals surface area contributed by atoms with Crippen molar-refractivity contribution in [1.82, 2.24) is 0 Å². The first-order chi connectivity index (χ1) is 9.86. The Morgan fingerprint density at radius 3 is 1.50 bits per heavy atom. The standard InChI is InChI=1S/C16H13As.2ClH.Ti/c1-2-8-14(9-3-1)17(15-10-4-5-11-15)16-12-6-7-13-16;;;/h1-13H;2*1H;/q;;;+2/p-2. The van der Waals surface area contributed by atoms with E-state index in [1.54, 1.807) is 0 Å². The van der Waals surface area contributed by atoms with Crippen LogP contribution in [0.3, 0.4) is 0 Å². The van der Waals surface area contributed by atoms with Crippen molar-refractivity contribution in [2.24, 2.45) is 0 Å². The molecule has 2 aliphatic carbocycles. The Morgan fingerprint density at radius 2 is 1.10 bits per heavy atom. The first kappa shape index (κ1) is 17.4. The van der Waals surface area contributed by atoms with Gasteiger partial charge < -0.3 is 0 Å². The van der Waals surface area contributed by atoms with Gasteiger partial charge in [-0.05, 0) is 0 Å². The van der Waals surface area contributed by atoms with Crippen molar-refractivity contribution in [3.8, 4) is 0 Å². The third-order valence-corrected chi connectivity index (χ3v) is 7.95. The van der Waals surface area contributed by atoms with Crippen LogP contribution in [0.25, 0.3) is 0 Å². The van der Waals surface area contributed by atoms with Crippen LogP contribution in [0.1, 0.15) is 0 Å². The Morgan fingerprint density at radius 1 is 0.700 bits per heavy atom. The summed E-state index contributed by atoms with van der Waals surface area (Å²) in [6.07, 6.45) is 17.6. The van der Waals surface area contributed by atoms with Gasteiger partial charge in [0, 0.05) is 0 Å². The Labute approximate surface area is 144 Å². The van der Waals surface area contributed by atoms with Crippen molar-refractivity contribution in [3.05, 3.63) is 91.1 Å². The van der Waals surface area contributed by atoms with E-state index in [1.807, 2.05) is 0 Å². The van der Waals surface area contributed by atoms with Crippen LogP contribution in [0.4, 0.5) is 0 Å². The molecule has 1 aromatic carbocycles. The number of benzene rings is 1. The second kappa shape index (κ2) is 9.96. The molecule has 0 unspecified atom stereocenters. The van der Waals surface area contributed by atoms with Gasteiger partial charge in [-0.2, -0.15) is 0 Å². The van der Waals surface area contributed by atoms with Crippen LogP contribution in [-0.4, -0.2) is 14.7 Å². The van der Waals surface area contributed by atoms with E-state index in [0.29, 0.717) is 0 Å². The van der Waals surface area contributed by atoms with Crippen LogP contribution in [0.2, 0.25) is 0 Å². The first-order valence-corrected chi connectivity index (χ1v) is 13.2. The summed E-state index contributed by atoms with van der Waals surface area (Å²) in [5, 5.41) is 0. The average molecular weight is 399 g/mol. The monoisotopic (exact) mass is 398 g/mol. The van der Waals surface area contributed by atoms with Crippen LogP contribution in [0, 0.1) is 60.8 Å². The van der Waals surface area contributed by atoms with Gasteiger partial charge in [0.2, 0.25) is 0 Å². The molecule has 2 fully saturated rings. The molecule has 20 heavy (non-hydrogen) atoms. The molecule has 0 nitrogen and oxygen atoms in total.